The highest BCUT2D eigenvalue weighted by molar-refractivity contribution is 5.79. The van der Waals surface area contributed by atoms with Gasteiger partial charge in [0.05, 0.1) is 13.7 Å². The molecule has 0 unspecified atom stereocenters. The van der Waals surface area contributed by atoms with E-state index >= 15 is 0 Å². The van der Waals surface area contributed by atoms with E-state index in [2.05, 4.69) is 60.1 Å². The number of aliphatic imine (C=N–C) groups is 1. The summed E-state index contributed by atoms with van der Waals surface area (Å²) < 4.78 is 5.07. The monoisotopic (exact) mass is 335 g/mol. The van der Waals surface area contributed by atoms with Crippen LogP contribution in [0, 0.1) is 0 Å². The predicted molar refractivity (Wildman–Crippen MR) is 101 cm³/mol. The largest absolute Gasteiger partial charge is 0.481 e. The van der Waals surface area contributed by atoms with Crippen LogP contribution >= 0.6 is 0 Å². The topological polar surface area (TPSA) is 61.8 Å². The molecule has 0 aromatic carbocycles. The molecule has 0 spiro atoms. The minimum atomic E-state index is 0.539. The summed E-state index contributed by atoms with van der Waals surface area (Å²) >= 11 is 0. The molecule has 1 heterocycles. The molecule has 6 heteroatoms. The number of hydrogen-bond acceptors (Lipinski definition) is 4. The van der Waals surface area contributed by atoms with Gasteiger partial charge in [0.25, 0.3) is 0 Å². The molecule has 0 atom stereocenters. The number of pyridine rings is 1. The van der Waals surface area contributed by atoms with Gasteiger partial charge in [0.1, 0.15) is 0 Å². The second kappa shape index (κ2) is 10.9. The Morgan fingerprint density at radius 3 is 2.42 bits per heavy atom. The van der Waals surface area contributed by atoms with Gasteiger partial charge >= 0.3 is 0 Å². The molecule has 0 saturated carbocycles. The first-order chi connectivity index (χ1) is 11.5. The van der Waals surface area contributed by atoms with Gasteiger partial charge in [0.15, 0.2) is 5.96 Å². The number of guanidine groups is 1. The zero-order chi connectivity index (χ0) is 17.9. The summed E-state index contributed by atoms with van der Waals surface area (Å²) in [6.07, 6.45) is 1.80. The van der Waals surface area contributed by atoms with E-state index in [0.717, 1.165) is 31.2 Å². The minimum Gasteiger partial charge on any atom is -0.481 e. The Hall–Kier alpha value is -1.82. The maximum absolute atomic E-state index is 5.07. The molecule has 2 N–H and O–H groups in total. The molecule has 0 radical (unpaired) electrons. The normalized spacial score (nSPS) is 12.1. The molecule has 0 aliphatic carbocycles. The lowest BCUT2D eigenvalue weighted by molar-refractivity contribution is 0.178. The van der Waals surface area contributed by atoms with Crippen LogP contribution in [-0.4, -0.2) is 54.7 Å². The van der Waals surface area contributed by atoms with Gasteiger partial charge in [-0.05, 0) is 40.2 Å². The van der Waals surface area contributed by atoms with E-state index in [-0.39, 0.29) is 0 Å². The van der Waals surface area contributed by atoms with Crippen LogP contribution in [0.1, 0.15) is 40.2 Å². The molecule has 0 amide bonds. The van der Waals surface area contributed by atoms with Gasteiger partial charge in [0.2, 0.25) is 5.88 Å². The lowest BCUT2D eigenvalue weighted by Crippen LogP contribution is -2.45. The first-order valence-corrected chi connectivity index (χ1v) is 8.74. The van der Waals surface area contributed by atoms with Crippen molar-refractivity contribution < 1.29 is 4.74 Å². The van der Waals surface area contributed by atoms with Crippen molar-refractivity contribution in [3.8, 4) is 5.88 Å². The van der Waals surface area contributed by atoms with Crippen molar-refractivity contribution in [3.63, 3.8) is 0 Å². The van der Waals surface area contributed by atoms with E-state index in [9.17, 15) is 0 Å². The lowest BCUT2D eigenvalue weighted by Gasteiger charge is -2.30. The molecule has 0 saturated heterocycles. The summed E-state index contributed by atoms with van der Waals surface area (Å²) in [5.41, 5.74) is 1.05. The summed E-state index contributed by atoms with van der Waals surface area (Å²) in [5.74, 6) is 1.45. The van der Waals surface area contributed by atoms with Crippen LogP contribution in [-0.2, 0) is 6.54 Å². The highest BCUT2D eigenvalue weighted by Crippen LogP contribution is 2.07. The van der Waals surface area contributed by atoms with Crippen LogP contribution in [0.2, 0.25) is 0 Å². The molecule has 0 bridgehead atoms. The van der Waals surface area contributed by atoms with Crippen molar-refractivity contribution in [2.24, 2.45) is 4.99 Å². The third-order valence-corrected chi connectivity index (χ3v) is 3.76. The van der Waals surface area contributed by atoms with Crippen LogP contribution in [0.25, 0.3) is 0 Å². The second-order valence-electron chi connectivity index (χ2n) is 6.26. The van der Waals surface area contributed by atoms with E-state index in [4.69, 9.17) is 4.74 Å². The van der Waals surface area contributed by atoms with Crippen molar-refractivity contribution in [1.29, 1.82) is 0 Å². The van der Waals surface area contributed by atoms with Crippen LogP contribution < -0.4 is 15.4 Å². The Labute approximate surface area is 146 Å². The van der Waals surface area contributed by atoms with Crippen LogP contribution in [0.15, 0.2) is 23.3 Å². The molecule has 1 aromatic heterocycles. The van der Waals surface area contributed by atoms with Gasteiger partial charge in [-0.15, -0.1) is 0 Å². The van der Waals surface area contributed by atoms with E-state index in [0.29, 0.717) is 24.5 Å². The first kappa shape index (κ1) is 20.2. The number of aromatic nitrogens is 1. The maximum Gasteiger partial charge on any atom is 0.212 e. The maximum atomic E-state index is 5.07. The second-order valence-corrected chi connectivity index (χ2v) is 6.26. The molecule has 1 rings (SSSR count). The van der Waals surface area contributed by atoms with Gasteiger partial charge in [-0.1, -0.05) is 6.07 Å². The number of rotatable bonds is 9. The number of nitrogens with one attached hydrogen (secondary N) is 2. The predicted octanol–water partition coefficient (Wildman–Crippen LogP) is 2.26. The molecule has 0 aliphatic heterocycles. The standard InChI is InChI=1S/C18H33N5O/c1-7-19-18(20-10-11-23(14(2)3)15(4)5)22-13-16-8-9-17(24-6)21-12-16/h8-9,12,14-15H,7,10-11,13H2,1-6H3,(H2,19,20,22). The smallest absolute Gasteiger partial charge is 0.212 e. The summed E-state index contributed by atoms with van der Waals surface area (Å²) in [6, 6.07) is 4.92. The summed E-state index contributed by atoms with van der Waals surface area (Å²) in [5, 5.41) is 6.69. The SMILES string of the molecule is CCNC(=NCc1ccc(OC)nc1)NCCN(C(C)C)C(C)C. The molecular weight excluding hydrogens is 302 g/mol. The molecular formula is C18H33N5O. The van der Waals surface area contributed by atoms with Crippen molar-refractivity contribution in [3.05, 3.63) is 23.9 Å². The number of methoxy groups -OCH3 is 1. The quantitative estimate of drug-likeness (QED) is 0.535. The summed E-state index contributed by atoms with van der Waals surface area (Å²) in [4.78, 5) is 11.3. The van der Waals surface area contributed by atoms with Crippen molar-refractivity contribution in [2.75, 3.05) is 26.7 Å². The summed E-state index contributed by atoms with van der Waals surface area (Å²) in [6.45, 7) is 14.3. The Balaban J connectivity index is 2.55. The minimum absolute atomic E-state index is 0.539. The molecule has 136 valence electrons. The Morgan fingerprint density at radius 2 is 1.92 bits per heavy atom. The van der Waals surface area contributed by atoms with E-state index < -0.39 is 0 Å². The van der Waals surface area contributed by atoms with Crippen LogP contribution in [0.5, 0.6) is 5.88 Å². The highest BCUT2D eigenvalue weighted by Gasteiger charge is 2.12. The van der Waals surface area contributed by atoms with E-state index in [1.165, 1.54) is 0 Å². The molecule has 0 fully saturated rings. The van der Waals surface area contributed by atoms with E-state index in [1.807, 2.05) is 12.1 Å². The average Bonchev–Trinajstić information content (AvgIpc) is 2.56. The number of hydrogen-bond donors (Lipinski definition) is 2. The number of nitrogens with zero attached hydrogens (tertiary/aromatic N) is 3. The van der Waals surface area contributed by atoms with Crippen LogP contribution in [0.4, 0.5) is 0 Å². The zero-order valence-corrected chi connectivity index (χ0v) is 16.0. The summed E-state index contributed by atoms with van der Waals surface area (Å²) in [7, 11) is 1.62. The molecule has 6 nitrogen and oxygen atoms in total. The fourth-order valence-electron chi connectivity index (χ4n) is 2.55. The average molecular weight is 335 g/mol. The fourth-order valence-corrected chi connectivity index (χ4v) is 2.55. The van der Waals surface area contributed by atoms with E-state index in [1.54, 1.807) is 13.3 Å². The lowest BCUT2D eigenvalue weighted by atomic mass is 10.2. The van der Waals surface area contributed by atoms with Gasteiger partial charge in [0, 0.05) is 44.0 Å². The fraction of sp³-hybridized carbons (Fsp3) is 0.667. The van der Waals surface area contributed by atoms with Crippen molar-refractivity contribution in [1.82, 2.24) is 20.5 Å². The van der Waals surface area contributed by atoms with Gasteiger partial charge in [-0.2, -0.15) is 0 Å². The Kier molecular flexibility index (Phi) is 9.15. The third kappa shape index (κ3) is 7.17. The molecule has 1 aromatic rings. The molecule has 0 aliphatic rings. The molecule has 24 heavy (non-hydrogen) atoms. The Morgan fingerprint density at radius 1 is 1.21 bits per heavy atom. The Bertz CT molecular complexity index is 477. The highest BCUT2D eigenvalue weighted by atomic mass is 16.5. The van der Waals surface area contributed by atoms with Crippen LogP contribution in [0.3, 0.4) is 0 Å². The van der Waals surface area contributed by atoms with Gasteiger partial charge in [-0.25, -0.2) is 9.98 Å². The van der Waals surface area contributed by atoms with Gasteiger partial charge < -0.3 is 15.4 Å². The zero-order valence-electron chi connectivity index (χ0n) is 16.0. The number of ether oxygens (including phenoxy) is 1. The first-order valence-electron chi connectivity index (χ1n) is 8.74. The third-order valence-electron chi connectivity index (χ3n) is 3.76. The van der Waals surface area contributed by atoms with Crippen molar-refractivity contribution >= 4 is 5.96 Å². The van der Waals surface area contributed by atoms with Crippen molar-refractivity contribution in [2.45, 2.75) is 53.2 Å². The van der Waals surface area contributed by atoms with Gasteiger partial charge in [-0.3, -0.25) is 4.90 Å².